The second-order valence-electron chi connectivity index (χ2n) is 3.78. The van der Waals surface area contributed by atoms with Gasteiger partial charge in [-0.1, -0.05) is 12.1 Å². The van der Waals surface area contributed by atoms with Gasteiger partial charge in [-0.15, -0.1) is 0 Å². The van der Waals surface area contributed by atoms with E-state index in [0.717, 1.165) is 5.56 Å². The zero-order valence-corrected chi connectivity index (χ0v) is 9.89. The van der Waals surface area contributed by atoms with Crippen molar-refractivity contribution in [2.45, 2.75) is 6.42 Å². The molecular weight excluding hydrogens is 233 g/mol. The highest BCUT2D eigenvalue weighted by molar-refractivity contribution is 5.98. The topological polar surface area (TPSA) is 39.2 Å². The van der Waals surface area contributed by atoms with E-state index in [-0.39, 0.29) is 18.0 Å². The van der Waals surface area contributed by atoms with Gasteiger partial charge in [0.05, 0.1) is 7.11 Å². The number of carbonyl (C=O) groups is 1. The molecule has 1 heterocycles. The Balaban J connectivity index is 2.19. The fraction of sp³-hybridized carbons (Fsp3) is 0.143. The Labute approximate surface area is 104 Å². The van der Waals surface area contributed by atoms with Gasteiger partial charge in [-0.3, -0.25) is 4.79 Å². The number of carbonyl (C=O) groups excluding carboxylic acids is 1. The van der Waals surface area contributed by atoms with Gasteiger partial charge in [0.1, 0.15) is 17.3 Å². The Morgan fingerprint density at radius 1 is 1.28 bits per heavy atom. The molecule has 1 aromatic heterocycles. The third-order valence-corrected chi connectivity index (χ3v) is 2.53. The maximum Gasteiger partial charge on any atom is 0.189 e. The van der Waals surface area contributed by atoms with Crippen LogP contribution in [0, 0.1) is 5.82 Å². The zero-order chi connectivity index (χ0) is 13.0. The number of rotatable bonds is 4. The molecule has 0 bridgehead atoms. The highest BCUT2D eigenvalue weighted by Crippen LogP contribution is 2.17. The number of Topliss-reactive ketones (excluding diaryl/α,β-unsaturated/α-hetero) is 1. The summed E-state index contributed by atoms with van der Waals surface area (Å²) in [6.45, 7) is 0. The first-order valence-corrected chi connectivity index (χ1v) is 5.47. The van der Waals surface area contributed by atoms with Gasteiger partial charge in [0.15, 0.2) is 5.78 Å². The standard InChI is InChI=1S/C14H12FNO2/c1-18-13-3-2-8-16-14(13)12(17)9-10-4-6-11(15)7-5-10/h2-8H,9H2,1H3. The lowest BCUT2D eigenvalue weighted by Gasteiger charge is -2.06. The molecule has 2 rings (SSSR count). The predicted molar refractivity (Wildman–Crippen MR) is 65.2 cm³/mol. The van der Waals surface area contributed by atoms with Gasteiger partial charge in [0.2, 0.25) is 0 Å². The van der Waals surface area contributed by atoms with Crippen molar-refractivity contribution in [3.63, 3.8) is 0 Å². The van der Waals surface area contributed by atoms with E-state index < -0.39 is 0 Å². The van der Waals surface area contributed by atoms with Crippen LogP contribution in [-0.4, -0.2) is 17.9 Å². The Hall–Kier alpha value is -2.23. The zero-order valence-electron chi connectivity index (χ0n) is 9.89. The Morgan fingerprint density at radius 2 is 2.00 bits per heavy atom. The van der Waals surface area contributed by atoms with Gasteiger partial charge in [0, 0.05) is 12.6 Å². The van der Waals surface area contributed by atoms with E-state index in [1.807, 2.05) is 0 Å². The largest absolute Gasteiger partial charge is 0.494 e. The Bertz CT molecular complexity index is 552. The molecule has 4 heteroatoms. The summed E-state index contributed by atoms with van der Waals surface area (Å²) in [5, 5.41) is 0. The highest BCUT2D eigenvalue weighted by atomic mass is 19.1. The number of nitrogens with zero attached hydrogens (tertiary/aromatic N) is 1. The summed E-state index contributed by atoms with van der Waals surface area (Å²) in [4.78, 5) is 16.1. The van der Waals surface area contributed by atoms with Gasteiger partial charge < -0.3 is 4.74 Å². The van der Waals surface area contributed by atoms with E-state index in [2.05, 4.69) is 4.98 Å². The Morgan fingerprint density at radius 3 is 2.67 bits per heavy atom. The maximum atomic E-state index is 12.7. The minimum atomic E-state index is -0.318. The quantitative estimate of drug-likeness (QED) is 0.777. The van der Waals surface area contributed by atoms with Crippen molar-refractivity contribution in [1.82, 2.24) is 4.98 Å². The van der Waals surface area contributed by atoms with Crippen LogP contribution >= 0.6 is 0 Å². The lowest BCUT2D eigenvalue weighted by molar-refractivity contribution is 0.0985. The summed E-state index contributed by atoms with van der Waals surface area (Å²) in [7, 11) is 1.49. The molecular formula is C14H12FNO2. The highest BCUT2D eigenvalue weighted by Gasteiger charge is 2.13. The van der Waals surface area contributed by atoms with Gasteiger partial charge in [-0.2, -0.15) is 0 Å². The lowest BCUT2D eigenvalue weighted by atomic mass is 10.1. The number of hydrogen-bond donors (Lipinski definition) is 0. The van der Waals surface area contributed by atoms with Crippen LogP contribution in [0.3, 0.4) is 0 Å². The fourth-order valence-electron chi connectivity index (χ4n) is 1.64. The first-order valence-electron chi connectivity index (χ1n) is 5.47. The van der Waals surface area contributed by atoms with E-state index >= 15 is 0 Å². The van der Waals surface area contributed by atoms with Crippen LogP contribution in [-0.2, 0) is 6.42 Å². The minimum Gasteiger partial charge on any atom is -0.494 e. The van der Waals surface area contributed by atoms with Gasteiger partial charge in [0.25, 0.3) is 0 Å². The first-order chi connectivity index (χ1) is 8.70. The number of methoxy groups -OCH3 is 1. The summed E-state index contributed by atoms with van der Waals surface area (Å²) in [6.07, 6.45) is 1.72. The molecule has 1 aromatic carbocycles. The normalized spacial score (nSPS) is 10.1. The van der Waals surface area contributed by atoms with Gasteiger partial charge in [-0.05, 0) is 29.8 Å². The van der Waals surface area contributed by atoms with Crippen molar-refractivity contribution < 1.29 is 13.9 Å². The smallest absolute Gasteiger partial charge is 0.189 e. The van der Waals surface area contributed by atoms with E-state index in [4.69, 9.17) is 4.74 Å². The summed E-state index contributed by atoms with van der Waals surface area (Å²) >= 11 is 0. The molecule has 18 heavy (non-hydrogen) atoms. The van der Waals surface area contributed by atoms with E-state index in [1.54, 1.807) is 30.5 Å². The lowest BCUT2D eigenvalue weighted by Crippen LogP contribution is -2.08. The van der Waals surface area contributed by atoms with Gasteiger partial charge in [-0.25, -0.2) is 9.37 Å². The van der Waals surface area contributed by atoms with Crippen molar-refractivity contribution in [3.05, 3.63) is 59.7 Å². The van der Waals surface area contributed by atoms with E-state index in [0.29, 0.717) is 11.4 Å². The molecule has 0 radical (unpaired) electrons. The average molecular weight is 245 g/mol. The third-order valence-electron chi connectivity index (χ3n) is 2.53. The Kier molecular flexibility index (Phi) is 3.67. The number of hydrogen-bond acceptors (Lipinski definition) is 3. The van der Waals surface area contributed by atoms with Crippen molar-refractivity contribution >= 4 is 5.78 Å². The van der Waals surface area contributed by atoms with Crippen LogP contribution in [0.1, 0.15) is 16.1 Å². The second kappa shape index (κ2) is 5.40. The monoisotopic (exact) mass is 245 g/mol. The summed E-state index contributed by atoms with van der Waals surface area (Å²) in [5.74, 6) is -0.0229. The van der Waals surface area contributed by atoms with Crippen LogP contribution in [0.15, 0.2) is 42.6 Å². The molecule has 0 unspecified atom stereocenters. The molecule has 0 N–H and O–H groups in total. The molecule has 0 spiro atoms. The summed E-state index contributed by atoms with van der Waals surface area (Å²) in [6, 6.07) is 9.22. The molecule has 0 saturated heterocycles. The number of halogens is 1. The van der Waals surface area contributed by atoms with Crippen LogP contribution in [0.2, 0.25) is 0 Å². The van der Waals surface area contributed by atoms with Crippen LogP contribution < -0.4 is 4.74 Å². The van der Waals surface area contributed by atoms with Crippen LogP contribution in [0.5, 0.6) is 5.75 Å². The van der Waals surface area contributed by atoms with Crippen molar-refractivity contribution in [2.24, 2.45) is 0 Å². The number of aromatic nitrogens is 1. The number of ketones is 1. The SMILES string of the molecule is COc1cccnc1C(=O)Cc1ccc(F)cc1. The molecule has 0 saturated carbocycles. The number of benzene rings is 1. The maximum absolute atomic E-state index is 12.7. The molecule has 0 fully saturated rings. The fourth-order valence-corrected chi connectivity index (χ4v) is 1.64. The molecule has 0 aliphatic carbocycles. The predicted octanol–water partition coefficient (Wildman–Crippen LogP) is 2.65. The van der Waals surface area contributed by atoms with Crippen LogP contribution in [0.4, 0.5) is 4.39 Å². The van der Waals surface area contributed by atoms with Crippen LogP contribution in [0.25, 0.3) is 0 Å². The molecule has 2 aromatic rings. The van der Waals surface area contributed by atoms with Gasteiger partial charge >= 0.3 is 0 Å². The van der Waals surface area contributed by atoms with Crippen molar-refractivity contribution in [1.29, 1.82) is 0 Å². The first kappa shape index (κ1) is 12.2. The summed E-state index contributed by atoms with van der Waals surface area (Å²) in [5.41, 5.74) is 1.04. The van der Waals surface area contributed by atoms with Crippen molar-refractivity contribution in [2.75, 3.05) is 7.11 Å². The minimum absolute atomic E-state index is 0.154. The number of pyridine rings is 1. The molecule has 0 amide bonds. The summed E-state index contributed by atoms with van der Waals surface area (Å²) < 4.78 is 17.8. The van der Waals surface area contributed by atoms with E-state index in [1.165, 1.54) is 19.2 Å². The molecule has 0 atom stereocenters. The molecule has 3 nitrogen and oxygen atoms in total. The molecule has 0 aliphatic heterocycles. The average Bonchev–Trinajstić information content (AvgIpc) is 2.41. The third kappa shape index (κ3) is 2.71. The van der Waals surface area contributed by atoms with Crippen molar-refractivity contribution in [3.8, 4) is 5.75 Å². The molecule has 0 aliphatic rings. The second-order valence-corrected chi connectivity index (χ2v) is 3.78. The molecule has 92 valence electrons. The number of ether oxygens (including phenoxy) is 1. The van der Waals surface area contributed by atoms with E-state index in [9.17, 15) is 9.18 Å².